The Bertz CT molecular complexity index is 390. The summed E-state index contributed by atoms with van der Waals surface area (Å²) in [4.78, 5) is 11.9. The maximum atomic E-state index is 11.9. The lowest BCUT2D eigenvalue weighted by molar-refractivity contribution is -0.122. The van der Waals surface area contributed by atoms with Crippen molar-refractivity contribution >= 4 is 5.91 Å². The SMILES string of the molecule is CCC(NC(=O)CCCCCN)c1ccc(OC)cc1. The molecule has 0 aliphatic rings. The monoisotopic (exact) mass is 278 g/mol. The van der Waals surface area contributed by atoms with Crippen LogP contribution in [0.1, 0.15) is 50.6 Å². The number of nitrogens with one attached hydrogen (secondary N) is 1. The molecule has 0 heterocycles. The van der Waals surface area contributed by atoms with Crippen LogP contribution in [0.25, 0.3) is 0 Å². The summed E-state index contributed by atoms with van der Waals surface area (Å²) >= 11 is 0. The number of hydrogen-bond donors (Lipinski definition) is 2. The number of rotatable bonds is 9. The van der Waals surface area contributed by atoms with E-state index in [0.29, 0.717) is 13.0 Å². The van der Waals surface area contributed by atoms with Crippen molar-refractivity contribution in [1.82, 2.24) is 5.32 Å². The Hall–Kier alpha value is -1.55. The van der Waals surface area contributed by atoms with Gasteiger partial charge in [0.15, 0.2) is 0 Å². The molecule has 4 heteroatoms. The molecule has 3 N–H and O–H groups in total. The third kappa shape index (κ3) is 5.61. The van der Waals surface area contributed by atoms with Crippen LogP contribution in [0, 0.1) is 0 Å². The van der Waals surface area contributed by atoms with Gasteiger partial charge in [-0.15, -0.1) is 0 Å². The minimum absolute atomic E-state index is 0.0721. The molecule has 1 rings (SSSR count). The first kappa shape index (κ1) is 16.5. The molecule has 1 aromatic carbocycles. The second kappa shape index (κ2) is 9.37. The predicted octanol–water partition coefficient (Wildman–Crippen LogP) is 2.78. The fraction of sp³-hybridized carbons (Fsp3) is 0.562. The molecular formula is C16H26N2O2. The van der Waals surface area contributed by atoms with Crippen LogP contribution in [-0.4, -0.2) is 19.6 Å². The first-order chi connectivity index (χ1) is 9.71. The van der Waals surface area contributed by atoms with Crippen molar-refractivity contribution in [3.8, 4) is 5.75 Å². The molecule has 0 bridgehead atoms. The first-order valence-corrected chi connectivity index (χ1v) is 7.34. The molecule has 0 aliphatic heterocycles. The summed E-state index contributed by atoms with van der Waals surface area (Å²) in [5.41, 5.74) is 6.55. The molecule has 0 saturated heterocycles. The Kier molecular flexibility index (Phi) is 7.73. The third-order valence-electron chi connectivity index (χ3n) is 3.37. The lowest BCUT2D eigenvalue weighted by atomic mass is 10.0. The molecule has 1 unspecified atom stereocenters. The Morgan fingerprint density at radius 2 is 1.95 bits per heavy atom. The van der Waals surface area contributed by atoms with Crippen LogP contribution >= 0.6 is 0 Å². The van der Waals surface area contributed by atoms with Crippen LogP contribution in [-0.2, 0) is 4.79 Å². The van der Waals surface area contributed by atoms with E-state index in [1.807, 2.05) is 24.3 Å². The predicted molar refractivity (Wildman–Crippen MR) is 81.7 cm³/mol. The number of carbonyl (C=O) groups is 1. The van der Waals surface area contributed by atoms with Gasteiger partial charge in [-0.2, -0.15) is 0 Å². The molecule has 0 aromatic heterocycles. The zero-order chi connectivity index (χ0) is 14.8. The second-order valence-electron chi connectivity index (χ2n) is 4.90. The molecule has 0 fully saturated rings. The average molecular weight is 278 g/mol. The molecule has 0 saturated carbocycles. The highest BCUT2D eigenvalue weighted by atomic mass is 16.5. The summed E-state index contributed by atoms with van der Waals surface area (Å²) in [6.45, 7) is 2.77. The van der Waals surface area contributed by atoms with Crippen molar-refractivity contribution in [2.75, 3.05) is 13.7 Å². The van der Waals surface area contributed by atoms with Crippen LogP contribution in [0.2, 0.25) is 0 Å². The number of amides is 1. The van der Waals surface area contributed by atoms with E-state index in [-0.39, 0.29) is 11.9 Å². The number of methoxy groups -OCH3 is 1. The zero-order valence-electron chi connectivity index (χ0n) is 12.5. The molecule has 4 nitrogen and oxygen atoms in total. The number of carbonyl (C=O) groups excluding carboxylic acids is 1. The number of unbranched alkanes of at least 4 members (excludes halogenated alkanes) is 2. The lowest BCUT2D eigenvalue weighted by Gasteiger charge is -2.18. The number of hydrogen-bond acceptors (Lipinski definition) is 3. The molecule has 0 aliphatic carbocycles. The highest BCUT2D eigenvalue weighted by molar-refractivity contribution is 5.76. The van der Waals surface area contributed by atoms with Crippen molar-refractivity contribution in [2.24, 2.45) is 5.73 Å². The van der Waals surface area contributed by atoms with E-state index in [9.17, 15) is 4.79 Å². The normalized spacial score (nSPS) is 11.9. The molecule has 20 heavy (non-hydrogen) atoms. The van der Waals surface area contributed by atoms with Gasteiger partial charge in [0.1, 0.15) is 5.75 Å². The van der Waals surface area contributed by atoms with E-state index in [4.69, 9.17) is 10.5 Å². The molecule has 1 atom stereocenters. The molecular weight excluding hydrogens is 252 g/mol. The Morgan fingerprint density at radius 1 is 1.25 bits per heavy atom. The van der Waals surface area contributed by atoms with Crippen LogP contribution in [0.4, 0.5) is 0 Å². The van der Waals surface area contributed by atoms with Gasteiger partial charge in [0.25, 0.3) is 0 Å². The summed E-state index contributed by atoms with van der Waals surface area (Å²) in [7, 11) is 1.65. The van der Waals surface area contributed by atoms with Gasteiger partial charge >= 0.3 is 0 Å². The maximum absolute atomic E-state index is 11.9. The van der Waals surface area contributed by atoms with Gasteiger partial charge in [-0.3, -0.25) is 4.79 Å². The fourth-order valence-electron chi connectivity index (χ4n) is 2.13. The molecule has 1 amide bonds. The molecule has 112 valence electrons. The largest absolute Gasteiger partial charge is 0.497 e. The van der Waals surface area contributed by atoms with Crippen molar-refractivity contribution in [2.45, 2.75) is 45.1 Å². The minimum atomic E-state index is 0.0721. The third-order valence-corrected chi connectivity index (χ3v) is 3.37. The van der Waals surface area contributed by atoms with Crippen molar-refractivity contribution in [3.63, 3.8) is 0 Å². The minimum Gasteiger partial charge on any atom is -0.497 e. The Balaban J connectivity index is 2.46. The topological polar surface area (TPSA) is 64.4 Å². The number of nitrogens with two attached hydrogens (primary N) is 1. The standard InChI is InChI=1S/C16H26N2O2/c1-3-15(13-8-10-14(20-2)11-9-13)18-16(19)7-5-4-6-12-17/h8-11,15H,3-7,12,17H2,1-2H3,(H,18,19). The Labute approximate surface area is 121 Å². The second-order valence-corrected chi connectivity index (χ2v) is 4.90. The van der Waals surface area contributed by atoms with Crippen LogP contribution in [0.5, 0.6) is 5.75 Å². The Morgan fingerprint density at radius 3 is 2.50 bits per heavy atom. The summed E-state index contributed by atoms with van der Waals surface area (Å²) in [6.07, 6.45) is 4.36. The van der Waals surface area contributed by atoms with Gasteiger partial charge in [-0.05, 0) is 43.5 Å². The average Bonchev–Trinajstić information content (AvgIpc) is 2.49. The van der Waals surface area contributed by atoms with Crippen LogP contribution in [0.3, 0.4) is 0 Å². The zero-order valence-corrected chi connectivity index (χ0v) is 12.5. The number of benzene rings is 1. The fourth-order valence-corrected chi connectivity index (χ4v) is 2.13. The van der Waals surface area contributed by atoms with Crippen molar-refractivity contribution < 1.29 is 9.53 Å². The summed E-state index contributed by atoms with van der Waals surface area (Å²) in [5.74, 6) is 0.946. The van der Waals surface area contributed by atoms with Gasteiger partial charge in [-0.1, -0.05) is 25.5 Å². The maximum Gasteiger partial charge on any atom is 0.220 e. The quantitative estimate of drug-likeness (QED) is 0.683. The number of ether oxygens (including phenoxy) is 1. The van der Waals surface area contributed by atoms with E-state index in [1.54, 1.807) is 7.11 Å². The van der Waals surface area contributed by atoms with Gasteiger partial charge in [0.05, 0.1) is 13.2 Å². The van der Waals surface area contributed by atoms with Crippen LogP contribution < -0.4 is 15.8 Å². The smallest absolute Gasteiger partial charge is 0.220 e. The van der Waals surface area contributed by atoms with Crippen LogP contribution in [0.15, 0.2) is 24.3 Å². The van der Waals surface area contributed by atoms with E-state index in [2.05, 4.69) is 12.2 Å². The molecule has 0 radical (unpaired) electrons. The summed E-state index contributed by atoms with van der Waals surface area (Å²) in [5, 5.41) is 3.09. The van der Waals surface area contributed by atoms with E-state index in [0.717, 1.165) is 37.0 Å². The highest BCUT2D eigenvalue weighted by Gasteiger charge is 2.12. The van der Waals surface area contributed by atoms with Gasteiger partial charge in [-0.25, -0.2) is 0 Å². The van der Waals surface area contributed by atoms with Gasteiger partial charge in [0, 0.05) is 6.42 Å². The molecule has 0 spiro atoms. The van der Waals surface area contributed by atoms with Crippen molar-refractivity contribution in [3.05, 3.63) is 29.8 Å². The van der Waals surface area contributed by atoms with E-state index in [1.165, 1.54) is 0 Å². The van der Waals surface area contributed by atoms with Gasteiger partial charge < -0.3 is 15.8 Å². The van der Waals surface area contributed by atoms with Crippen molar-refractivity contribution in [1.29, 1.82) is 0 Å². The highest BCUT2D eigenvalue weighted by Crippen LogP contribution is 2.20. The van der Waals surface area contributed by atoms with E-state index >= 15 is 0 Å². The van der Waals surface area contributed by atoms with E-state index < -0.39 is 0 Å². The van der Waals surface area contributed by atoms with Gasteiger partial charge in [0.2, 0.25) is 5.91 Å². The summed E-state index contributed by atoms with van der Waals surface area (Å²) in [6, 6.07) is 7.92. The summed E-state index contributed by atoms with van der Waals surface area (Å²) < 4.78 is 5.14. The molecule has 1 aromatic rings. The lowest BCUT2D eigenvalue weighted by Crippen LogP contribution is -2.27. The first-order valence-electron chi connectivity index (χ1n) is 7.34.